The molecule has 1 aromatic heterocycles. The second-order valence-corrected chi connectivity index (χ2v) is 4.89. The van der Waals surface area contributed by atoms with Gasteiger partial charge in [-0.1, -0.05) is 24.3 Å². The molecular weight excluding hydrogens is 360 g/mol. The molecule has 0 bridgehead atoms. The van der Waals surface area contributed by atoms with Crippen molar-refractivity contribution in [2.24, 2.45) is 0 Å². The Morgan fingerprint density at radius 2 is 1.65 bits per heavy atom. The van der Waals surface area contributed by atoms with Crippen LogP contribution >= 0.6 is 17.0 Å². The van der Waals surface area contributed by atoms with Crippen molar-refractivity contribution in [1.29, 1.82) is 0 Å². The number of ketones is 1. The summed E-state index contributed by atoms with van der Waals surface area (Å²) in [5.41, 5.74) is 0.887. The van der Waals surface area contributed by atoms with E-state index in [2.05, 4.69) is 0 Å². The van der Waals surface area contributed by atoms with E-state index in [9.17, 15) is 14.9 Å². The first kappa shape index (κ1) is 16.8. The predicted molar refractivity (Wildman–Crippen MR) is 91.9 cm³/mol. The largest absolute Gasteiger partial charge is 0.287 e. The molecule has 0 N–H and O–H groups in total. The van der Waals surface area contributed by atoms with E-state index in [-0.39, 0.29) is 40.6 Å². The van der Waals surface area contributed by atoms with Gasteiger partial charge in [-0.25, -0.2) is 0 Å². The number of halogens is 1. The third-order valence-electron chi connectivity index (χ3n) is 3.50. The van der Waals surface area contributed by atoms with E-state index < -0.39 is 4.92 Å². The number of hydrogen-bond acceptors (Lipinski definition) is 3. The lowest BCUT2D eigenvalue weighted by Crippen LogP contribution is -2.38. The van der Waals surface area contributed by atoms with E-state index in [0.29, 0.717) is 0 Å². The Bertz CT molecular complexity index is 875. The molecule has 0 spiro atoms. The Labute approximate surface area is 143 Å². The number of nitro groups is 1. The lowest BCUT2D eigenvalue weighted by atomic mass is 10.1. The molecule has 0 fully saturated rings. The lowest BCUT2D eigenvalue weighted by molar-refractivity contribution is -0.657. The van der Waals surface area contributed by atoms with Crippen molar-refractivity contribution < 1.29 is 14.3 Å². The average Bonchev–Trinajstić information content (AvgIpc) is 2.55. The van der Waals surface area contributed by atoms with Gasteiger partial charge in [0.05, 0.1) is 4.92 Å². The fourth-order valence-electron chi connectivity index (χ4n) is 2.47. The number of rotatable bonds is 4. The van der Waals surface area contributed by atoms with Gasteiger partial charge >= 0.3 is 0 Å². The third-order valence-corrected chi connectivity index (χ3v) is 3.50. The van der Waals surface area contributed by atoms with E-state index in [1.807, 2.05) is 36.4 Å². The van der Waals surface area contributed by atoms with Gasteiger partial charge in [0, 0.05) is 23.6 Å². The molecule has 1 heterocycles. The summed E-state index contributed by atoms with van der Waals surface area (Å²) in [4.78, 5) is 23.0. The molecular formula is C17H14BrN2O3+. The molecule has 0 saturated heterocycles. The first-order chi connectivity index (χ1) is 10.7. The SMILES string of the molecule is Br.O=C(C[n+]1cccc2ccccc21)c1ccccc1[N+](=O)[O-]. The Hall–Kier alpha value is -2.60. The number of pyridine rings is 1. The quantitative estimate of drug-likeness (QED) is 0.304. The van der Waals surface area contributed by atoms with Crippen LogP contribution in [0.25, 0.3) is 10.9 Å². The van der Waals surface area contributed by atoms with Crippen molar-refractivity contribution in [3.63, 3.8) is 0 Å². The maximum absolute atomic E-state index is 12.5. The second kappa shape index (κ2) is 7.11. The summed E-state index contributed by atoms with van der Waals surface area (Å²) in [6.07, 6.45) is 1.80. The molecule has 0 saturated carbocycles. The van der Waals surface area contributed by atoms with Gasteiger partial charge in [-0.2, -0.15) is 4.57 Å². The number of nitro benzene ring substituents is 1. The van der Waals surface area contributed by atoms with Crippen molar-refractivity contribution in [3.8, 4) is 0 Å². The van der Waals surface area contributed by atoms with Crippen LogP contribution in [0.5, 0.6) is 0 Å². The van der Waals surface area contributed by atoms with Crippen LogP contribution in [-0.4, -0.2) is 10.7 Å². The minimum Gasteiger partial charge on any atom is -0.287 e. The van der Waals surface area contributed by atoms with Crippen LogP contribution in [0, 0.1) is 10.1 Å². The van der Waals surface area contributed by atoms with Crippen LogP contribution in [-0.2, 0) is 6.54 Å². The van der Waals surface area contributed by atoms with E-state index >= 15 is 0 Å². The van der Waals surface area contributed by atoms with Crippen molar-refractivity contribution >= 4 is 39.4 Å². The van der Waals surface area contributed by atoms with Gasteiger partial charge < -0.3 is 0 Å². The maximum atomic E-state index is 12.5. The van der Waals surface area contributed by atoms with E-state index in [1.165, 1.54) is 12.1 Å². The highest BCUT2D eigenvalue weighted by molar-refractivity contribution is 8.93. The molecule has 5 nitrogen and oxygen atoms in total. The molecule has 0 aliphatic carbocycles. The Morgan fingerprint density at radius 3 is 2.43 bits per heavy atom. The zero-order chi connectivity index (χ0) is 15.5. The Kier molecular flexibility index (Phi) is 5.18. The zero-order valence-electron chi connectivity index (χ0n) is 12.1. The highest BCUT2D eigenvalue weighted by atomic mass is 79.9. The van der Waals surface area contributed by atoms with Crippen molar-refractivity contribution in [1.82, 2.24) is 0 Å². The summed E-state index contributed by atoms with van der Waals surface area (Å²) in [5.74, 6) is -0.284. The smallest absolute Gasteiger partial charge is 0.280 e. The number of carbonyl (C=O) groups excluding carboxylic acids is 1. The summed E-state index contributed by atoms with van der Waals surface area (Å²) < 4.78 is 1.80. The number of hydrogen-bond donors (Lipinski definition) is 0. The van der Waals surface area contributed by atoms with Crippen LogP contribution in [0.3, 0.4) is 0 Å². The van der Waals surface area contributed by atoms with Crippen LogP contribution in [0.1, 0.15) is 10.4 Å². The standard InChI is InChI=1S/C17H13N2O3.BrH/c20-17(14-8-2-4-10-16(14)19(21)22)12-18-11-5-7-13-6-1-3-9-15(13)18;/h1-11H,12H2;1H/q+1;. The third kappa shape index (κ3) is 3.43. The zero-order valence-corrected chi connectivity index (χ0v) is 13.8. The number of Topliss-reactive ketones (excluding diaryl/α,β-unsaturated/α-hetero) is 1. The minimum absolute atomic E-state index is 0. The monoisotopic (exact) mass is 373 g/mol. The summed E-state index contributed by atoms with van der Waals surface area (Å²) in [6.45, 7) is 0.0617. The average molecular weight is 374 g/mol. The van der Waals surface area contributed by atoms with Gasteiger partial charge in [0.25, 0.3) is 5.69 Å². The number of nitrogens with zero attached hydrogens (tertiary/aromatic N) is 2. The highest BCUT2D eigenvalue weighted by Gasteiger charge is 2.22. The molecule has 0 amide bonds. The van der Waals surface area contributed by atoms with Gasteiger partial charge in [0.2, 0.25) is 17.8 Å². The van der Waals surface area contributed by atoms with Crippen LogP contribution < -0.4 is 4.57 Å². The molecule has 116 valence electrons. The highest BCUT2D eigenvalue weighted by Crippen LogP contribution is 2.18. The van der Waals surface area contributed by atoms with Crippen molar-refractivity contribution in [3.05, 3.63) is 82.5 Å². The molecule has 0 aliphatic rings. The van der Waals surface area contributed by atoms with Crippen molar-refractivity contribution in [2.75, 3.05) is 0 Å². The number of fused-ring (bicyclic) bond motifs is 1. The summed E-state index contributed by atoms with van der Waals surface area (Å²) in [5, 5.41) is 12.1. The van der Waals surface area contributed by atoms with E-state index in [1.54, 1.807) is 22.9 Å². The molecule has 3 rings (SSSR count). The summed E-state index contributed by atoms with van der Waals surface area (Å²) in [7, 11) is 0. The number of benzene rings is 2. The van der Waals surface area contributed by atoms with Gasteiger partial charge in [0.1, 0.15) is 5.56 Å². The lowest BCUT2D eigenvalue weighted by Gasteiger charge is -2.02. The molecule has 2 aromatic carbocycles. The van der Waals surface area contributed by atoms with Crippen molar-refractivity contribution in [2.45, 2.75) is 6.54 Å². The minimum atomic E-state index is -0.527. The van der Waals surface area contributed by atoms with E-state index in [0.717, 1.165) is 10.9 Å². The normalized spacial score (nSPS) is 10.1. The van der Waals surface area contributed by atoms with Gasteiger partial charge in [-0.05, 0) is 18.2 Å². The summed E-state index contributed by atoms with van der Waals surface area (Å²) >= 11 is 0. The first-order valence-corrected chi connectivity index (χ1v) is 6.80. The number of para-hydroxylation sites is 2. The van der Waals surface area contributed by atoms with E-state index in [4.69, 9.17) is 0 Å². The second-order valence-electron chi connectivity index (χ2n) is 4.89. The van der Waals surface area contributed by atoms with Crippen LogP contribution in [0.2, 0.25) is 0 Å². The number of carbonyl (C=O) groups is 1. The molecule has 0 radical (unpaired) electrons. The Balaban J connectivity index is 0.00000192. The first-order valence-electron chi connectivity index (χ1n) is 6.80. The molecule has 3 aromatic rings. The molecule has 6 heteroatoms. The van der Waals surface area contributed by atoms with Gasteiger partial charge in [-0.3, -0.25) is 14.9 Å². The Morgan fingerprint density at radius 1 is 1.00 bits per heavy atom. The van der Waals surface area contributed by atoms with Crippen LogP contribution in [0.15, 0.2) is 66.9 Å². The van der Waals surface area contributed by atoms with Gasteiger partial charge in [0.15, 0.2) is 6.20 Å². The molecule has 23 heavy (non-hydrogen) atoms. The summed E-state index contributed by atoms with van der Waals surface area (Å²) in [6, 6.07) is 17.5. The van der Waals surface area contributed by atoms with Gasteiger partial charge in [-0.15, -0.1) is 17.0 Å². The molecule has 0 atom stereocenters. The fraction of sp³-hybridized carbons (Fsp3) is 0.0588. The number of aromatic nitrogens is 1. The molecule has 0 unspecified atom stereocenters. The predicted octanol–water partition coefficient (Wildman–Crippen LogP) is 3.50. The molecule has 0 aliphatic heterocycles. The maximum Gasteiger partial charge on any atom is 0.280 e. The topological polar surface area (TPSA) is 64.1 Å². The van der Waals surface area contributed by atoms with Crippen LogP contribution in [0.4, 0.5) is 5.69 Å². The fourth-order valence-corrected chi connectivity index (χ4v) is 2.47.